The summed E-state index contributed by atoms with van der Waals surface area (Å²) in [4.78, 5) is 13.6. The molecule has 2 aromatic carbocycles. The first kappa shape index (κ1) is 21.0. The van der Waals surface area contributed by atoms with Gasteiger partial charge < -0.3 is 0 Å². The van der Waals surface area contributed by atoms with E-state index in [1.807, 2.05) is 23.0 Å². The van der Waals surface area contributed by atoms with Crippen molar-refractivity contribution in [3.05, 3.63) is 65.4 Å². The third-order valence-electron chi connectivity index (χ3n) is 7.77. The van der Waals surface area contributed by atoms with Crippen molar-refractivity contribution in [1.29, 1.82) is 5.26 Å². The van der Waals surface area contributed by atoms with E-state index in [-0.39, 0.29) is 11.8 Å². The Morgan fingerprint density at radius 3 is 2.68 bits per heavy atom. The van der Waals surface area contributed by atoms with E-state index in [0.717, 1.165) is 30.7 Å². The Bertz CT molecular complexity index is 1330. The van der Waals surface area contributed by atoms with Crippen molar-refractivity contribution in [3.63, 3.8) is 0 Å². The van der Waals surface area contributed by atoms with Crippen molar-refractivity contribution in [2.24, 2.45) is 28.8 Å². The molecule has 172 valence electrons. The number of benzene rings is 2. The van der Waals surface area contributed by atoms with Crippen LogP contribution in [0.2, 0.25) is 0 Å². The fraction of sp³-hybridized carbons (Fsp3) is 0.385. The molecule has 1 aliphatic heterocycles. The molecule has 3 atom stereocenters. The number of halogens is 2. The van der Waals surface area contributed by atoms with Crippen LogP contribution in [0.15, 0.2) is 47.7 Å². The SMILES string of the molecule is N#Cc1cccc2cn(CC3CC(C(=O)N4N=CCC4c4cc(F)cc(F)c4)C4CC3C4)nc12. The molecule has 1 aromatic heterocycles. The van der Waals surface area contributed by atoms with E-state index in [9.17, 15) is 18.8 Å². The third-order valence-corrected chi connectivity index (χ3v) is 7.77. The van der Waals surface area contributed by atoms with Crippen LogP contribution in [0.5, 0.6) is 0 Å². The standard InChI is InChI=1S/C26H23F2N5O/c27-21-8-19(9-22(28)11-21)24-4-5-30-33(24)26(34)23-10-20(17-6-18(23)7-17)14-32-13-16-3-1-2-15(12-29)25(16)31-32/h1-3,5,8-9,11,13,17-18,20,23-24H,4,6-7,10,14H2. The number of hydrogen-bond acceptors (Lipinski definition) is 4. The van der Waals surface area contributed by atoms with Crippen molar-refractivity contribution in [3.8, 4) is 6.07 Å². The average molecular weight is 460 g/mol. The number of hydrazone groups is 1. The van der Waals surface area contributed by atoms with Gasteiger partial charge in [-0.25, -0.2) is 13.8 Å². The molecule has 2 bridgehead atoms. The second-order valence-corrected chi connectivity index (χ2v) is 9.74. The number of nitriles is 1. The quantitative estimate of drug-likeness (QED) is 0.562. The molecule has 3 aliphatic carbocycles. The van der Waals surface area contributed by atoms with E-state index in [4.69, 9.17) is 0 Å². The second-order valence-electron chi connectivity index (χ2n) is 9.74. The lowest BCUT2D eigenvalue weighted by atomic mass is 9.55. The summed E-state index contributed by atoms with van der Waals surface area (Å²) in [6.45, 7) is 0.697. The summed E-state index contributed by atoms with van der Waals surface area (Å²) in [5.74, 6) is -0.335. The van der Waals surface area contributed by atoms with Crippen LogP contribution in [-0.4, -0.2) is 26.9 Å². The lowest BCUT2D eigenvalue weighted by Crippen LogP contribution is -2.49. The first-order valence-electron chi connectivity index (χ1n) is 11.7. The third kappa shape index (κ3) is 3.47. The van der Waals surface area contributed by atoms with Gasteiger partial charge in [-0.15, -0.1) is 0 Å². The monoisotopic (exact) mass is 459 g/mol. The highest BCUT2D eigenvalue weighted by molar-refractivity contribution is 5.84. The highest BCUT2D eigenvalue weighted by atomic mass is 19.1. The minimum Gasteiger partial charge on any atom is -0.273 e. The topological polar surface area (TPSA) is 74.3 Å². The van der Waals surface area contributed by atoms with E-state index >= 15 is 0 Å². The molecular weight excluding hydrogens is 436 g/mol. The summed E-state index contributed by atoms with van der Waals surface area (Å²) >= 11 is 0. The molecule has 1 amide bonds. The first-order valence-corrected chi connectivity index (χ1v) is 11.7. The van der Waals surface area contributed by atoms with Gasteiger partial charge in [0.15, 0.2) is 0 Å². The highest BCUT2D eigenvalue weighted by Crippen LogP contribution is 2.53. The van der Waals surface area contributed by atoms with Gasteiger partial charge in [-0.2, -0.15) is 15.5 Å². The number of nitrogens with zero attached hydrogens (tertiary/aromatic N) is 5. The molecule has 0 N–H and O–H groups in total. The fourth-order valence-corrected chi connectivity index (χ4v) is 6.02. The molecule has 8 heteroatoms. The minimum absolute atomic E-state index is 0.0611. The van der Waals surface area contributed by atoms with E-state index in [1.165, 1.54) is 17.1 Å². The van der Waals surface area contributed by atoms with Gasteiger partial charge in [0.2, 0.25) is 5.91 Å². The maximum atomic E-state index is 13.8. The summed E-state index contributed by atoms with van der Waals surface area (Å²) < 4.78 is 29.5. The highest BCUT2D eigenvalue weighted by Gasteiger charge is 2.50. The van der Waals surface area contributed by atoms with Gasteiger partial charge in [-0.05, 0) is 60.8 Å². The molecule has 3 fully saturated rings. The summed E-state index contributed by atoms with van der Waals surface area (Å²) in [5, 5.41) is 20.7. The maximum Gasteiger partial charge on any atom is 0.246 e. The van der Waals surface area contributed by atoms with Gasteiger partial charge in [-0.3, -0.25) is 9.48 Å². The molecular formula is C26H23F2N5O. The number of rotatable bonds is 4. The Morgan fingerprint density at radius 1 is 1.12 bits per heavy atom. The van der Waals surface area contributed by atoms with Gasteiger partial charge in [0.05, 0.1) is 11.6 Å². The molecule has 2 heterocycles. The molecule has 6 nitrogen and oxygen atoms in total. The van der Waals surface area contributed by atoms with E-state index in [1.54, 1.807) is 12.3 Å². The molecule has 3 unspecified atom stereocenters. The zero-order chi connectivity index (χ0) is 23.4. The predicted octanol–water partition coefficient (Wildman–Crippen LogP) is 4.81. The first-order chi connectivity index (χ1) is 16.5. The number of carbonyl (C=O) groups excluding carboxylic acids is 1. The Balaban J connectivity index is 1.21. The Morgan fingerprint density at radius 2 is 1.91 bits per heavy atom. The van der Waals surface area contributed by atoms with Crippen LogP contribution in [0.3, 0.4) is 0 Å². The van der Waals surface area contributed by atoms with Crippen LogP contribution >= 0.6 is 0 Å². The number of amides is 1. The van der Waals surface area contributed by atoms with Gasteiger partial charge in [-0.1, -0.05) is 12.1 Å². The number of aromatic nitrogens is 2. The van der Waals surface area contributed by atoms with Crippen LogP contribution in [0.25, 0.3) is 10.9 Å². The lowest BCUT2D eigenvalue weighted by Gasteiger charge is -2.51. The fourth-order valence-electron chi connectivity index (χ4n) is 6.02. The molecule has 0 saturated heterocycles. The van der Waals surface area contributed by atoms with E-state index < -0.39 is 17.7 Å². The number of carbonyl (C=O) groups is 1. The molecule has 4 aliphatic rings. The second kappa shape index (κ2) is 8.01. The number of fused-ring (bicyclic) bond motifs is 3. The van der Waals surface area contributed by atoms with Gasteiger partial charge in [0, 0.05) is 42.7 Å². The summed E-state index contributed by atoms with van der Waals surface area (Å²) in [6, 6.07) is 10.7. The Kier molecular flexibility index (Phi) is 4.94. The molecule has 3 saturated carbocycles. The van der Waals surface area contributed by atoms with Crippen molar-refractivity contribution in [1.82, 2.24) is 14.8 Å². The molecule has 0 spiro atoms. The van der Waals surface area contributed by atoms with Crippen molar-refractivity contribution >= 4 is 23.0 Å². The summed E-state index contributed by atoms with van der Waals surface area (Å²) in [7, 11) is 0. The van der Waals surface area contributed by atoms with Crippen LogP contribution in [0, 0.1) is 46.6 Å². The summed E-state index contributed by atoms with van der Waals surface area (Å²) in [5.41, 5.74) is 1.69. The molecule has 0 radical (unpaired) electrons. The largest absolute Gasteiger partial charge is 0.273 e. The molecule has 7 rings (SSSR count). The van der Waals surface area contributed by atoms with Crippen LogP contribution in [0.4, 0.5) is 8.78 Å². The van der Waals surface area contributed by atoms with E-state index in [0.29, 0.717) is 47.4 Å². The van der Waals surface area contributed by atoms with Gasteiger partial charge in [0.1, 0.15) is 23.2 Å². The van der Waals surface area contributed by atoms with Gasteiger partial charge >= 0.3 is 0 Å². The van der Waals surface area contributed by atoms with E-state index in [2.05, 4.69) is 16.3 Å². The molecule has 3 aromatic rings. The smallest absolute Gasteiger partial charge is 0.246 e. The maximum absolute atomic E-state index is 13.8. The van der Waals surface area contributed by atoms with Crippen LogP contribution < -0.4 is 0 Å². The average Bonchev–Trinajstić information content (AvgIpc) is 3.43. The Labute approximate surface area is 195 Å². The normalized spacial score (nSPS) is 27.6. The number of hydrogen-bond donors (Lipinski definition) is 0. The Hall–Kier alpha value is -3.60. The van der Waals surface area contributed by atoms with Crippen molar-refractivity contribution in [2.45, 2.75) is 38.3 Å². The predicted molar refractivity (Wildman–Crippen MR) is 121 cm³/mol. The van der Waals surface area contributed by atoms with Crippen molar-refractivity contribution < 1.29 is 13.6 Å². The summed E-state index contributed by atoms with van der Waals surface area (Å²) in [6.07, 6.45) is 6.81. The minimum atomic E-state index is -0.653. The van der Waals surface area contributed by atoms with Crippen LogP contribution in [0.1, 0.15) is 42.9 Å². The zero-order valence-electron chi connectivity index (χ0n) is 18.4. The lowest BCUT2D eigenvalue weighted by molar-refractivity contribution is -0.147. The van der Waals surface area contributed by atoms with Gasteiger partial charge in [0.25, 0.3) is 0 Å². The molecule has 34 heavy (non-hydrogen) atoms. The van der Waals surface area contributed by atoms with Crippen LogP contribution in [-0.2, 0) is 11.3 Å². The zero-order valence-corrected chi connectivity index (χ0v) is 18.4. The van der Waals surface area contributed by atoms with Crippen molar-refractivity contribution in [2.75, 3.05) is 0 Å².